The number of carbonyl (C=O) groups is 4. The molecular formula is C17H30N4O5S. The molecule has 1 aliphatic rings. The number of hydrogen-bond donors (Lipinski definition) is 5. The molecule has 27 heavy (non-hydrogen) atoms. The van der Waals surface area contributed by atoms with Gasteiger partial charge in [-0.1, -0.05) is 13.8 Å². The first-order valence-corrected chi connectivity index (χ1v) is 9.72. The second kappa shape index (κ2) is 10.5. The predicted molar refractivity (Wildman–Crippen MR) is 103 cm³/mol. The molecule has 0 aromatic carbocycles. The number of nitrogens with zero attached hydrogens (tertiary/aromatic N) is 1. The second-order valence-electron chi connectivity index (χ2n) is 7.24. The molecule has 0 saturated carbocycles. The Hall–Kier alpha value is -1.81. The highest BCUT2D eigenvalue weighted by atomic mass is 32.1. The molecule has 0 aromatic heterocycles. The Morgan fingerprint density at radius 3 is 2.33 bits per heavy atom. The van der Waals surface area contributed by atoms with Crippen LogP contribution in [0, 0.1) is 5.92 Å². The van der Waals surface area contributed by atoms with Crippen LogP contribution in [0.5, 0.6) is 0 Å². The lowest BCUT2D eigenvalue weighted by molar-refractivity contribution is -0.149. The van der Waals surface area contributed by atoms with Crippen molar-refractivity contribution in [3.8, 4) is 0 Å². The zero-order chi connectivity index (χ0) is 20.7. The minimum absolute atomic E-state index is 0.0361. The Labute approximate surface area is 164 Å². The van der Waals surface area contributed by atoms with E-state index >= 15 is 0 Å². The third-order valence-electron chi connectivity index (χ3n) is 4.43. The third-order valence-corrected chi connectivity index (χ3v) is 4.79. The number of nitrogens with one attached hydrogen (secondary N) is 2. The standard InChI is InChI=1S/C17H30N4O5S/c1-9(2)7-11(18)14(22)20-12(8-27)15(23)19-10(3)16(24)21-6-4-5-13(21)17(25)26/h9-13,27H,4-8,18H2,1-3H3,(H,19,23)(H,20,22)(H,25,26). The van der Waals surface area contributed by atoms with Gasteiger partial charge in [0.25, 0.3) is 0 Å². The van der Waals surface area contributed by atoms with E-state index < -0.39 is 47.9 Å². The summed E-state index contributed by atoms with van der Waals surface area (Å²) in [7, 11) is 0. The van der Waals surface area contributed by atoms with Gasteiger partial charge in [-0.3, -0.25) is 14.4 Å². The van der Waals surface area contributed by atoms with Crippen LogP contribution in [0.15, 0.2) is 0 Å². The average molecular weight is 403 g/mol. The van der Waals surface area contributed by atoms with Gasteiger partial charge in [-0.25, -0.2) is 4.79 Å². The van der Waals surface area contributed by atoms with Crippen LogP contribution in [0.3, 0.4) is 0 Å². The fraction of sp³-hybridized carbons (Fsp3) is 0.765. The number of carbonyl (C=O) groups excluding carboxylic acids is 3. The molecule has 4 unspecified atom stereocenters. The van der Waals surface area contributed by atoms with Gasteiger partial charge >= 0.3 is 5.97 Å². The number of aliphatic carboxylic acids is 1. The van der Waals surface area contributed by atoms with Gasteiger partial charge in [0.2, 0.25) is 17.7 Å². The van der Waals surface area contributed by atoms with E-state index in [9.17, 15) is 24.3 Å². The first kappa shape index (κ1) is 23.2. The Bertz CT molecular complexity index is 572. The van der Waals surface area contributed by atoms with E-state index in [1.54, 1.807) is 0 Å². The maximum absolute atomic E-state index is 12.5. The molecule has 9 nitrogen and oxygen atoms in total. The van der Waals surface area contributed by atoms with Gasteiger partial charge in [0, 0.05) is 12.3 Å². The summed E-state index contributed by atoms with van der Waals surface area (Å²) in [6.45, 7) is 5.70. The van der Waals surface area contributed by atoms with Gasteiger partial charge in [-0.2, -0.15) is 12.6 Å². The van der Waals surface area contributed by atoms with Crippen molar-refractivity contribution < 1.29 is 24.3 Å². The molecule has 0 aliphatic carbocycles. The van der Waals surface area contributed by atoms with E-state index in [4.69, 9.17) is 5.73 Å². The number of carboxylic acids is 1. The van der Waals surface area contributed by atoms with Crippen LogP contribution in [0.2, 0.25) is 0 Å². The van der Waals surface area contributed by atoms with Crippen molar-refractivity contribution in [1.82, 2.24) is 15.5 Å². The lowest BCUT2D eigenvalue weighted by Gasteiger charge is -2.26. The first-order chi connectivity index (χ1) is 12.6. The molecule has 1 heterocycles. The number of likely N-dealkylation sites (tertiary alicyclic amines) is 1. The third kappa shape index (κ3) is 6.69. The molecule has 0 radical (unpaired) electrons. The van der Waals surface area contributed by atoms with Crippen molar-refractivity contribution >= 4 is 36.3 Å². The fourth-order valence-corrected chi connectivity index (χ4v) is 3.26. The van der Waals surface area contributed by atoms with Crippen molar-refractivity contribution in [2.45, 2.75) is 64.2 Å². The number of amides is 3. The minimum Gasteiger partial charge on any atom is -0.480 e. The zero-order valence-corrected chi connectivity index (χ0v) is 16.9. The van der Waals surface area contributed by atoms with E-state index in [0.717, 1.165) is 0 Å². The topological polar surface area (TPSA) is 142 Å². The van der Waals surface area contributed by atoms with Gasteiger partial charge in [-0.15, -0.1) is 0 Å². The summed E-state index contributed by atoms with van der Waals surface area (Å²) < 4.78 is 0. The van der Waals surface area contributed by atoms with E-state index in [1.807, 2.05) is 13.8 Å². The fourth-order valence-electron chi connectivity index (χ4n) is 3.00. The highest BCUT2D eigenvalue weighted by molar-refractivity contribution is 7.80. The van der Waals surface area contributed by atoms with Crippen LogP contribution in [-0.2, 0) is 19.2 Å². The van der Waals surface area contributed by atoms with Gasteiger partial charge in [0.1, 0.15) is 18.1 Å². The van der Waals surface area contributed by atoms with Gasteiger partial charge < -0.3 is 26.4 Å². The van der Waals surface area contributed by atoms with Crippen molar-refractivity contribution in [2.75, 3.05) is 12.3 Å². The second-order valence-corrected chi connectivity index (χ2v) is 7.60. The Balaban J connectivity index is 2.64. The molecule has 0 spiro atoms. The Kier molecular flexibility index (Phi) is 9.04. The van der Waals surface area contributed by atoms with E-state index in [-0.39, 0.29) is 11.7 Å². The summed E-state index contributed by atoms with van der Waals surface area (Å²) in [4.78, 5) is 49.5. The SMILES string of the molecule is CC(C)CC(N)C(=O)NC(CS)C(=O)NC(C)C(=O)N1CCCC1C(=O)O. The van der Waals surface area contributed by atoms with E-state index in [1.165, 1.54) is 11.8 Å². The summed E-state index contributed by atoms with van der Waals surface area (Å²) in [5.41, 5.74) is 5.81. The lowest BCUT2D eigenvalue weighted by atomic mass is 10.0. The maximum Gasteiger partial charge on any atom is 0.326 e. The minimum atomic E-state index is -1.06. The van der Waals surface area contributed by atoms with Crippen LogP contribution in [0.1, 0.15) is 40.0 Å². The van der Waals surface area contributed by atoms with Crippen molar-refractivity contribution in [1.29, 1.82) is 0 Å². The number of rotatable bonds is 9. The number of carboxylic acid groups (broad SMARTS) is 1. The molecular weight excluding hydrogens is 372 g/mol. The van der Waals surface area contributed by atoms with Crippen LogP contribution < -0.4 is 16.4 Å². The van der Waals surface area contributed by atoms with Gasteiger partial charge in [0.15, 0.2) is 0 Å². The summed E-state index contributed by atoms with van der Waals surface area (Å²) in [6.07, 6.45) is 1.48. The molecule has 0 aromatic rings. The van der Waals surface area contributed by atoms with Crippen molar-refractivity contribution in [3.63, 3.8) is 0 Å². The molecule has 1 rings (SSSR count). The molecule has 1 fully saturated rings. The predicted octanol–water partition coefficient (Wildman–Crippen LogP) is -0.645. The molecule has 0 bridgehead atoms. The molecule has 5 N–H and O–H groups in total. The Morgan fingerprint density at radius 2 is 1.81 bits per heavy atom. The van der Waals surface area contributed by atoms with E-state index in [0.29, 0.717) is 25.8 Å². The van der Waals surface area contributed by atoms with Crippen LogP contribution in [0.25, 0.3) is 0 Å². The Morgan fingerprint density at radius 1 is 1.19 bits per heavy atom. The molecule has 154 valence electrons. The number of hydrogen-bond acceptors (Lipinski definition) is 6. The molecule has 4 atom stereocenters. The monoisotopic (exact) mass is 402 g/mol. The van der Waals surface area contributed by atoms with Crippen molar-refractivity contribution in [2.24, 2.45) is 11.7 Å². The zero-order valence-electron chi connectivity index (χ0n) is 16.0. The largest absolute Gasteiger partial charge is 0.480 e. The van der Waals surface area contributed by atoms with Crippen LogP contribution in [0.4, 0.5) is 0 Å². The summed E-state index contributed by atoms with van der Waals surface area (Å²) in [5.74, 6) is -2.28. The van der Waals surface area contributed by atoms with Crippen LogP contribution >= 0.6 is 12.6 Å². The number of nitrogens with two attached hydrogens (primary N) is 1. The molecule has 10 heteroatoms. The molecule has 1 aliphatic heterocycles. The smallest absolute Gasteiger partial charge is 0.326 e. The summed E-state index contributed by atoms with van der Waals surface area (Å²) in [5, 5.41) is 14.3. The van der Waals surface area contributed by atoms with E-state index in [2.05, 4.69) is 23.3 Å². The lowest BCUT2D eigenvalue weighted by Crippen LogP contribution is -2.57. The molecule has 3 amide bonds. The molecule has 1 saturated heterocycles. The number of thiol groups is 1. The first-order valence-electron chi connectivity index (χ1n) is 9.08. The highest BCUT2D eigenvalue weighted by Gasteiger charge is 2.36. The summed E-state index contributed by atoms with van der Waals surface area (Å²) in [6, 6.07) is -3.46. The average Bonchev–Trinajstić information content (AvgIpc) is 3.07. The quantitative estimate of drug-likeness (QED) is 0.325. The van der Waals surface area contributed by atoms with Gasteiger partial charge in [0.05, 0.1) is 6.04 Å². The van der Waals surface area contributed by atoms with Gasteiger partial charge in [-0.05, 0) is 32.1 Å². The van der Waals surface area contributed by atoms with Crippen LogP contribution in [-0.4, -0.2) is 70.2 Å². The maximum atomic E-state index is 12.5. The van der Waals surface area contributed by atoms with Crippen molar-refractivity contribution in [3.05, 3.63) is 0 Å². The summed E-state index contributed by atoms with van der Waals surface area (Å²) >= 11 is 4.08. The normalized spacial score (nSPS) is 20.1. The highest BCUT2D eigenvalue weighted by Crippen LogP contribution is 2.18.